The van der Waals surface area contributed by atoms with Crippen LogP contribution >= 0.6 is 0 Å². The Kier molecular flexibility index (Phi) is 10.5. The summed E-state index contributed by atoms with van der Waals surface area (Å²) in [6.07, 6.45) is 3.05. The van der Waals surface area contributed by atoms with Crippen molar-refractivity contribution in [1.29, 1.82) is 0 Å². The number of amides is 4. The van der Waals surface area contributed by atoms with Crippen molar-refractivity contribution in [2.24, 2.45) is 11.5 Å². The lowest BCUT2D eigenvalue weighted by Gasteiger charge is -2.25. The average Bonchev–Trinajstić information content (AvgIpc) is 3.67. The van der Waals surface area contributed by atoms with Gasteiger partial charge in [-0.05, 0) is 35.2 Å². The van der Waals surface area contributed by atoms with Gasteiger partial charge in [0.1, 0.15) is 18.1 Å². The van der Waals surface area contributed by atoms with Crippen molar-refractivity contribution >= 4 is 51.4 Å². The van der Waals surface area contributed by atoms with E-state index < -0.39 is 60.2 Å². The number of aliphatic carboxylic acids is 1. The number of fused-ring (bicyclic) bond motifs is 2. The lowest BCUT2D eigenvalue weighted by Crippen LogP contribution is -2.58. The van der Waals surface area contributed by atoms with Gasteiger partial charge in [0.15, 0.2) is 0 Å². The Bertz CT molecular complexity index is 1940. The van der Waals surface area contributed by atoms with Crippen LogP contribution in [0.4, 0.5) is 0 Å². The summed E-state index contributed by atoms with van der Waals surface area (Å²) in [6, 6.07) is 19.0. The van der Waals surface area contributed by atoms with Crippen LogP contribution in [0, 0.1) is 0 Å². The maximum atomic E-state index is 14.1. The molecule has 4 unspecified atom stereocenters. The second-order valence-corrected chi connectivity index (χ2v) is 11.6. The van der Waals surface area contributed by atoms with E-state index in [1.165, 1.54) is 0 Å². The number of carbonyl (C=O) groups excluding carboxylic acids is 4. The Balaban J connectivity index is 1.43. The van der Waals surface area contributed by atoms with Gasteiger partial charge in [0.25, 0.3) is 0 Å². The molecule has 0 aliphatic heterocycles. The molecule has 0 aliphatic carbocycles. The average molecular weight is 652 g/mol. The van der Waals surface area contributed by atoms with E-state index in [1.54, 1.807) is 12.4 Å². The summed E-state index contributed by atoms with van der Waals surface area (Å²) in [4.78, 5) is 70.7. The molecule has 248 valence electrons. The predicted octanol–water partition coefficient (Wildman–Crippen LogP) is 1.42. The van der Waals surface area contributed by atoms with Gasteiger partial charge in [-0.3, -0.25) is 19.2 Å². The Morgan fingerprint density at radius 1 is 0.625 bits per heavy atom. The number of hydrogen-bond donors (Lipinski definition) is 8. The minimum Gasteiger partial charge on any atom is -0.480 e. The molecule has 48 heavy (non-hydrogen) atoms. The lowest BCUT2D eigenvalue weighted by atomic mass is 10.0. The number of rotatable bonds is 15. The number of para-hydroxylation sites is 2. The zero-order valence-electron chi connectivity index (χ0n) is 25.9. The maximum absolute atomic E-state index is 14.1. The van der Waals surface area contributed by atoms with Gasteiger partial charge in [0, 0.05) is 47.0 Å². The normalized spacial score (nSPS) is 13.7. The second-order valence-electron chi connectivity index (χ2n) is 11.6. The van der Waals surface area contributed by atoms with E-state index in [0.29, 0.717) is 5.56 Å². The molecule has 0 bridgehead atoms. The molecule has 10 N–H and O–H groups in total. The van der Waals surface area contributed by atoms with Crippen LogP contribution in [0.3, 0.4) is 0 Å². The van der Waals surface area contributed by atoms with Crippen molar-refractivity contribution in [3.05, 3.63) is 108 Å². The second kappa shape index (κ2) is 15.1. The summed E-state index contributed by atoms with van der Waals surface area (Å²) in [5, 5.41) is 19.1. The highest BCUT2D eigenvalue weighted by molar-refractivity contribution is 5.96. The lowest BCUT2D eigenvalue weighted by molar-refractivity contribution is -0.143. The van der Waals surface area contributed by atoms with E-state index in [-0.39, 0.29) is 19.3 Å². The van der Waals surface area contributed by atoms with Crippen molar-refractivity contribution in [2.45, 2.75) is 49.9 Å². The standard InChI is InChI=1S/C35H37N7O6/c36-25(14-20-8-2-1-3-9-20)32(44)40-28(15-21-18-38-26-12-6-4-10-23(21)26)33(45)41-29(34(46)42-30(35(47)48)17-31(37)43)16-22-19-39-27-13-7-5-11-24(22)27/h1-13,18-19,25,28-30,38-39H,14-17,36H2,(H2,37,43)(H,40,44)(H,41,45)(H,42,46)(H,47,48). The van der Waals surface area contributed by atoms with Crippen LogP contribution in [0.25, 0.3) is 21.8 Å². The molecule has 0 saturated heterocycles. The summed E-state index contributed by atoms with van der Waals surface area (Å²) < 4.78 is 0. The van der Waals surface area contributed by atoms with Gasteiger partial charge >= 0.3 is 5.97 Å². The minimum absolute atomic E-state index is 0.0359. The highest BCUT2D eigenvalue weighted by Crippen LogP contribution is 2.21. The first kappa shape index (κ1) is 33.4. The molecule has 4 amide bonds. The van der Waals surface area contributed by atoms with E-state index in [2.05, 4.69) is 25.9 Å². The number of aromatic amines is 2. The van der Waals surface area contributed by atoms with Crippen LogP contribution in [0.5, 0.6) is 0 Å². The molecule has 13 heteroatoms. The monoisotopic (exact) mass is 651 g/mol. The van der Waals surface area contributed by atoms with Crippen molar-refractivity contribution in [3.8, 4) is 0 Å². The third-order valence-corrected chi connectivity index (χ3v) is 8.12. The molecular formula is C35H37N7O6. The van der Waals surface area contributed by atoms with Gasteiger partial charge in [0.05, 0.1) is 12.5 Å². The third kappa shape index (κ3) is 8.25. The molecule has 4 atom stereocenters. The Morgan fingerprint density at radius 3 is 1.58 bits per heavy atom. The van der Waals surface area contributed by atoms with Gasteiger partial charge in [-0.2, -0.15) is 0 Å². The van der Waals surface area contributed by atoms with E-state index in [9.17, 15) is 29.1 Å². The fraction of sp³-hybridized carbons (Fsp3) is 0.229. The topological polar surface area (TPSA) is 225 Å². The van der Waals surface area contributed by atoms with Crippen molar-refractivity contribution in [3.63, 3.8) is 0 Å². The SMILES string of the molecule is NC(=O)CC(NC(=O)C(Cc1c[nH]c2ccccc12)NC(=O)C(Cc1c[nH]c2ccccc12)NC(=O)C(N)Cc1ccccc1)C(=O)O. The molecule has 2 heterocycles. The van der Waals surface area contributed by atoms with Crippen LogP contribution in [0.1, 0.15) is 23.1 Å². The Labute approximate surface area is 275 Å². The molecule has 5 rings (SSSR count). The van der Waals surface area contributed by atoms with Gasteiger partial charge in [-0.25, -0.2) is 4.79 Å². The molecule has 2 aromatic heterocycles. The number of nitrogens with one attached hydrogen (secondary N) is 5. The number of hydrogen-bond acceptors (Lipinski definition) is 6. The molecule has 0 aliphatic rings. The van der Waals surface area contributed by atoms with Crippen LogP contribution in [-0.4, -0.2) is 68.8 Å². The zero-order chi connectivity index (χ0) is 34.2. The number of nitrogens with two attached hydrogens (primary N) is 2. The van der Waals surface area contributed by atoms with Gasteiger partial charge < -0.3 is 42.5 Å². The fourth-order valence-electron chi connectivity index (χ4n) is 5.64. The summed E-state index contributed by atoms with van der Waals surface area (Å²) >= 11 is 0. The zero-order valence-corrected chi connectivity index (χ0v) is 25.9. The first-order chi connectivity index (χ1) is 23.1. The van der Waals surface area contributed by atoms with E-state index in [4.69, 9.17) is 11.5 Å². The van der Waals surface area contributed by atoms with Crippen LogP contribution < -0.4 is 27.4 Å². The number of H-pyrrole nitrogens is 2. The number of carbonyl (C=O) groups is 5. The van der Waals surface area contributed by atoms with E-state index in [1.807, 2.05) is 78.9 Å². The molecule has 13 nitrogen and oxygen atoms in total. The third-order valence-electron chi connectivity index (χ3n) is 8.12. The first-order valence-electron chi connectivity index (χ1n) is 15.4. The molecular weight excluding hydrogens is 614 g/mol. The Morgan fingerprint density at radius 2 is 1.08 bits per heavy atom. The van der Waals surface area contributed by atoms with Gasteiger partial charge in [-0.1, -0.05) is 66.7 Å². The summed E-state index contributed by atoms with van der Waals surface area (Å²) in [5.74, 6) is -4.49. The Hall–Kier alpha value is -5.95. The number of aromatic nitrogens is 2. The summed E-state index contributed by atoms with van der Waals surface area (Å²) in [5.41, 5.74) is 15.4. The molecule has 0 spiro atoms. The van der Waals surface area contributed by atoms with Crippen LogP contribution in [-0.2, 0) is 43.2 Å². The van der Waals surface area contributed by atoms with Crippen LogP contribution in [0.2, 0.25) is 0 Å². The highest BCUT2D eigenvalue weighted by Gasteiger charge is 2.32. The molecule has 0 saturated carbocycles. The maximum Gasteiger partial charge on any atom is 0.326 e. The van der Waals surface area contributed by atoms with Gasteiger partial charge in [0.2, 0.25) is 23.6 Å². The largest absolute Gasteiger partial charge is 0.480 e. The number of carboxylic acid groups (broad SMARTS) is 1. The highest BCUT2D eigenvalue weighted by atomic mass is 16.4. The number of carboxylic acids is 1. The van der Waals surface area contributed by atoms with Crippen molar-refractivity contribution in [1.82, 2.24) is 25.9 Å². The quantitative estimate of drug-likeness (QED) is 0.0830. The van der Waals surface area contributed by atoms with Crippen molar-refractivity contribution < 1.29 is 29.1 Å². The molecule has 0 fully saturated rings. The van der Waals surface area contributed by atoms with E-state index in [0.717, 1.165) is 32.9 Å². The predicted molar refractivity (Wildman–Crippen MR) is 179 cm³/mol. The van der Waals surface area contributed by atoms with Crippen LogP contribution in [0.15, 0.2) is 91.3 Å². The molecule has 0 radical (unpaired) electrons. The number of benzene rings is 3. The van der Waals surface area contributed by atoms with E-state index >= 15 is 0 Å². The molecule has 3 aromatic carbocycles. The smallest absolute Gasteiger partial charge is 0.326 e. The van der Waals surface area contributed by atoms with Gasteiger partial charge in [-0.15, -0.1) is 0 Å². The summed E-state index contributed by atoms with van der Waals surface area (Å²) in [7, 11) is 0. The molecule has 5 aromatic rings. The summed E-state index contributed by atoms with van der Waals surface area (Å²) in [6.45, 7) is 0. The number of primary amides is 1. The van der Waals surface area contributed by atoms with Crippen molar-refractivity contribution in [2.75, 3.05) is 0 Å². The first-order valence-corrected chi connectivity index (χ1v) is 15.4. The fourth-order valence-corrected chi connectivity index (χ4v) is 5.64. The minimum atomic E-state index is -1.62.